The van der Waals surface area contributed by atoms with Gasteiger partial charge in [-0.05, 0) is 43.2 Å². The van der Waals surface area contributed by atoms with Gasteiger partial charge in [0.2, 0.25) is 0 Å². The maximum absolute atomic E-state index is 5.35. The van der Waals surface area contributed by atoms with E-state index >= 15 is 0 Å². The molecule has 0 aliphatic heterocycles. The highest BCUT2D eigenvalue weighted by molar-refractivity contribution is 5.79. The summed E-state index contributed by atoms with van der Waals surface area (Å²) in [5.41, 5.74) is 2.28. The molecule has 0 amide bonds. The van der Waals surface area contributed by atoms with Crippen LogP contribution in [0.3, 0.4) is 0 Å². The molecule has 0 aliphatic carbocycles. The van der Waals surface area contributed by atoms with Gasteiger partial charge in [-0.25, -0.2) is 4.99 Å². The van der Waals surface area contributed by atoms with E-state index in [-0.39, 0.29) is 0 Å². The Kier molecular flexibility index (Phi) is 7.63. The molecule has 2 rings (SSSR count). The van der Waals surface area contributed by atoms with Gasteiger partial charge in [0.05, 0.1) is 19.9 Å². The monoisotopic (exact) mass is 341 g/mol. The zero-order valence-electron chi connectivity index (χ0n) is 15.0. The summed E-state index contributed by atoms with van der Waals surface area (Å²) in [5, 5.41) is 6.70. The molecule has 0 spiro atoms. The molecule has 2 N–H and O–H groups in total. The Morgan fingerprint density at radius 3 is 2.44 bits per heavy atom. The van der Waals surface area contributed by atoms with Crippen LogP contribution in [0.25, 0.3) is 0 Å². The molecule has 0 saturated carbocycles. The Bertz CT molecular complexity index is 661. The maximum atomic E-state index is 5.35. The van der Waals surface area contributed by atoms with Gasteiger partial charge in [0.1, 0.15) is 11.5 Å². The van der Waals surface area contributed by atoms with Crippen LogP contribution in [0.1, 0.15) is 18.2 Å². The third kappa shape index (κ3) is 7.16. The Hall–Kier alpha value is -2.69. The largest absolute Gasteiger partial charge is 0.497 e. The molecule has 0 atom stereocenters. The van der Waals surface area contributed by atoms with Crippen molar-refractivity contribution in [3.63, 3.8) is 0 Å². The number of furan rings is 1. The molecular weight excluding hydrogens is 314 g/mol. The van der Waals surface area contributed by atoms with Gasteiger partial charge in [0.25, 0.3) is 0 Å². The van der Waals surface area contributed by atoms with Gasteiger partial charge in [-0.3, -0.25) is 0 Å². The summed E-state index contributed by atoms with van der Waals surface area (Å²) in [4.78, 5) is 4.54. The van der Waals surface area contributed by atoms with E-state index in [0.717, 1.165) is 49.0 Å². The minimum atomic E-state index is 0.610. The summed E-state index contributed by atoms with van der Waals surface area (Å²) < 4.78 is 10.5. The lowest BCUT2D eigenvalue weighted by atomic mass is 10.1. The number of rotatable bonds is 9. The summed E-state index contributed by atoms with van der Waals surface area (Å²) in [7, 11) is 1.68. The van der Waals surface area contributed by atoms with Gasteiger partial charge in [-0.1, -0.05) is 24.3 Å². The second-order valence-electron chi connectivity index (χ2n) is 5.90. The lowest BCUT2D eigenvalue weighted by Crippen LogP contribution is -2.39. The fraction of sp³-hybridized carbons (Fsp3) is 0.350. The van der Waals surface area contributed by atoms with Crippen molar-refractivity contribution in [3.05, 3.63) is 66.1 Å². The van der Waals surface area contributed by atoms with E-state index in [1.165, 1.54) is 5.56 Å². The average Bonchev–Trinajstić information content (AvgIpc) is 3.13. The summed E-state index contributed by atoms with van der Waals surface area (Å²) in [6, 6.07) is 12.0. The predicted octanol–water partition coefficient (Wildman–Crippen LogP) is 3.18. The van der Waals surface area contributed by atoms with Crippen molar-refractivity contribution in [2.45, 2.75) is 19.8 Å². The summed E-state index contributed by atoms with van der Waals surface area (Å²) in [6.45, 7) is 8.05. The van der Waals surface area contributed by atoms with Crippen LogP contribution in [0.5, 0.6) is 5.75 Å². The number of aliphatic imine (C=N–C) groups is 1. The first-order valence-corrected chi connectivity index (χ1v) is 8.49. The lowest BCUT2D eigenvalue weighted by Gasteiger charge is -2.12. The molecule has 0 saturated heterocycles. The molecular formula is C20H27N3O2. The Morgan fingerprint density at radius 2 is 1.84 bits per heavy atom. The molecule has 0 aliphatic rings. The summed E-state index contributed by atoms with van der Waals surface area (Å²) >= 11 is 0. The summed E-state index contributed by atoms with van der Waals surface area (Å²) in [5.74, 6) is 2.63. The van der Waals surface area contributed by atoms with Crippen LogP contribution in [-0.4, -0.2) is 32.7 Å². The van der Waals surface area contributed by atoms with E-state index in [9.17, 15) is 0 Å². The zero-order valence-corrected chi connectivity index (χ0v) is 15.0. The summed E-state index contributed by atoms with van der Waals surface area (Å²) in [6.07, 6.45) is 3.42. The van der Waals surface area contributed by atoms with Gasteiger partial charge in [-0.15, -0.1) is 0 Å². The van der Waals surface area contributed by atoms with Crippen molar-refractivity contribution in [3.8, 4) is 5.75 Å². The standard InChI is InChI=1S/C20H27N3O2/c1-16(2)15-23-20(22-13-11-19-5-4-14-25-19)21-12-10-17-6-8-18(24-3)9-7-17/h4-9,14H,1,10-13,15H2,2-3H3,(H2,21,22,23). The van der Waals surface area contributed by atoms with E-state index in [2.05, 4.69) is 34.3 Å². The first-order chi connectivity index (χ1) is 12.2. The molecule has 134 valence electrons. The van der Waals surface area contributed by atoms with Crippen LogP contribution in [0.2, 0.25) is 0 Å². The Balaban J connectivity index is 1.80. The van der Waals surface area contributed by atoms with Gasteiger partial charge in [0, 0.05) is 19.5 Å². The molecule has 2 aromatic rings. The lowest BCUT2D eigenvalue weighted by molar-refractivity contribution is 0.414. The second kappa shape index (κ2) is 10.2. The minimum Gasteiger partial charge on any atom is -0.497 e. The molecule has 5 nitrogen and oxygen atoms in total. The molecule has 0 unspecified atom stereocenters. The highest BCUT2D eigenvalue weighted by Crippen LogP contribution is 2.11. The Morgan fingerprint density at radius 1 is 1.12 bits per heavy atom. The third-order valence-corrected chi connectivity index (χ3v) is 3.62. The SMILES string of the molecule is C=C(C)CN=C(NCCc1ccc(OC)cc1)NCCc1ccco1. The van der Waals surface area contributed by atoms with Crippen LogP contribution in [0.4, 0.5) is 0 Å². The molecule has 0 fully saturated rings. The van der Waals surface area contributed by atoms with Crippen LogP contribution in [0, 0.1) is 0 Å². The molecule has 0 radical (unpaired) electrons. The number of guanidine groups is 1. The van der Waals surface area contributed by atoms with Gasteiger partial charge in [0.15, 0.2) is 5.96 Å². The molecule has 0 bridgehead atoms. The maximum Gasteiger partial charge on any atom is 0.191 e. The van der Waals surface area contributed by atoms with Gasteiger partial charge in [-0.2, -0.15) is 0 Å². The van der Waals surface area contributed by atoms with Crippen molar-refractivity contribution in [1.82, 2.24) is 10.6 Å². The second-order valence-corrected chi connectivity index (χ2v) is 5.90. The smallest absolute Gasteiger partial charge is 0.191 e. The number of nitrogens with zero attached hydrogens (tertiary/aromatic N) is 1. The van der Waals surface area contributed by atoms with E-state index in [4.69, 9.17) is 9.15 Å². The van der Waals surface area contributed by atoms with Gasteiger partial charge >= 0.3 is 0 Å². The Labute approximate surface area is 149 Å². The fourth-order valence-corrected chi connectivity index (χ4v) is 2.26. The first-order valence-electron chi connectivity index (χ1n) is 8.49. The van der Waals surface area contributed by atoms with Crippen molar-refractivity contribution in [2.24, 2.45) is 4.99 Å². The number of benzene rings is 1. The zero-order chi connectivity index (χ0) is 17.9. The van der Waals surface area contributed by atoms with Crippen molar-refractivity contribution >= 4 is 5.96 Å². The fourth-order valence-electron chi connectivity index (χ4n) is 2.26. The molecule has 5 heteroatoms. The number of hydrogen-bond donors (Lipinski definition) is 2. The van der Waals surface area contributed by atoms with Crippen molar-refractivity contribution in [1.29, 1.82) is 0 Å². The van der Waals surface area contributed by atoms with E-state index in [1.54, 1.807) is 13.4 Å². The first kappa shape index (κ1) is 18.6. The highest BCUT2D eigenvalue weighted by Gasteiger charge is 2.01. The normalized spacial score (nSPS) is 11.2. The van der Waals surface area contributed by atoms with Crippen molar-refractivity contribution < 1.29 is 9.15 Å². The quantitative estimate of drug-likeness (QED) is 0.418. The highest BCUT2D eigenvalue weighted by atomic mass is 16.5. The number of methoxy groups -OCH3 is 1. The predicted molar refractivity (Wildman–Crippen MR) is 102 cm³/mol. The van der Waals surface area contributed by atoms with Gasteiger partial charge < -0.3 is 19.8 Å². The van der Waals surface area contributed by atoms with Crippen LogP contribution < -0.4 is 15.4 Å². The number of nitrogens with one attached hydrogen (secondary N) is 2. The van der Waals surface area contributed by atoms with Crippen molar-refractivity contribution in [2.75, 3.05) is 26.7 Å². The molecule has 1 aromatic carbocycles. The molecule has 1 aromatic heterocycles. The van der Waals surface area contributed by atoms with E-state index < -0.39 is 0 Å². The van der Waals surface area contributed by atoms with Crippen LogP contribution in [-0.2, 0) is 12.8 Å². The molecule has 25 heavy (non-hydrogen) atoms. The number of hydrogen-bond acceptors (Lipinski definition) is 3. The van der Waals surface area contributed by atoms with E-state index in [0.29, 0.717) is 6.54 Å². The van der Waals surface area contributed by atoms with Crippen LogP contribution in [0.15, 0.2) is 64.2 Å². The topological polar surface area (TPSA) is 58.8 Å². The van der Waals surface area contributed by atoms with E-state index in [1.807, 2.05) is 31.2 Å². The molecule has 1 heterocycles. The minimum absolute atomic E-state index is 0.610. The third-order valence-electron chi connectivity index (χ3n) is 3.62. The average molecular weight is 341 g/mol. The number of ether oxygens (including phenoxy) is 1. The van der Waals surface area contributed by atoms with Crippen LogP contribution >= 0.6 is 0 Å².